The summed E-state index contributed by atoms with van der Waals surface area (Å²) in [6.07, 6.45) is 0.560. The highest BCUT2D eigenvalue weighted by molar-refractivity contribution is 5.39. The predicted molar refractivity (Wildman–Crippen MR) is 64.0 cm³/mol. The molecule has 17 heavy (non-hydrogen) atoms. The van der Waals surface area contributed by atoms with Crippen molar-refractivity contribution >= 4 is 5.69 Å². The SMILES string of the molecule is O=[N+]([O-])c1ccc(Cc2ccccc2O)cc1. The highest BCUT2D eigenvalue weighted by atomic mass is 16.6. The Bertz CT molecular complexity index is 535. The Labute approximate surface area is 98.3 Å². The zero-order valence-corrected chi connectivity index (χ0v) is 9.04. The molecule has 0 amide bonds. The number of rotatable bonds is 3. The molecule has 86 valence electrons. The van der Waals surface area contributed by atoms with Crippen LogP contribution in [0.3, 0.4) is 0 Å². The third-order valence-electron chi connectivity index (χ3n) is 2.53. The molecule has 0 atom stereocenters. The topological polar surface area (TPSA) is 63.4 Å². The molecule has 4 nitrogen and oxygen atoms in total. The summed E-state index contributed by atoms with van der Waals surface area (Å²) < 4.78 is 0. The van der Waals surface area contributed by atoms with E-state index in [9.17, 15) is 15.2 Å². The third-order valence-corrected chi connectivity index (χ3v) is 2.53. The Morgan fingerprint density at radius 1 is 1.06 bits per heavy atom. The standard InChI is InChI=1S/C13H11NO3/c15-13-4-2-1-3-11(13)9-10-5-7-12(8-6-10)14(16)17/h1-8,15H,9H2. The van der Waals surface area contributed by atoms with Crippen LogP contribution in [0.15, 0.2) is 48.5 Å². The summed E-state index contributed by atoms with van der Waals surface area (Å²) in [5, 5.41) is 20.1. The molecule has 0 saturated carbocycles. The van der Waals surface area contributed by atoms with Crippen molar-refractivity contribution in [3.05, 3.63) is 69.8 Å². The lowest BCUT2D eigenvalue weighted by molar-refractivity contribution is -0.384. The second-order valence-corrected chi connectivity index (χ2v) is 3.73. The highest BCUT2D eigenvalue weighted by Gasteiger charge is 2.05. The van der Waals surface area contributed by atoms with E-state index in [1.165, 1.54) is 12.1 Å². The van der Waals surface area contributed by atoms with Gasteiger partial charge in [0.15, 0.2) is 0 Å². The van der Waals surface area contributed by atoms with Gasteiger partial charge in [-0.15, -0.1) is 0 Å². The second-order valence-electron chi connectivity index (χ2n) is 3.73. The molecule has 2 rings (SSSR count). The fraction of sp³-hybridized carbons (Fsp3) is 0.0769. The maximum atomic E-state index is 10.5. The quantitative estimate of drug-likeness (QED) is 0.650. The van der Waals surface area contributed by atoms with Crippen LogP contribution in [0.2, 0.25) is 0 Å². The Hall–Kier alpha value is -2.36. The summed E-state index contributed by atoms with van der Waals surface area (Å²) in [5.74, 6) is 0.242. The van der Waals surface area contributed by atoms with Crippen LogP contribution in [0.5, 0.6) is 5.75 Å². The molecular weight excluding hydrogens is 218 g/mol. The molecule has 0 aliphatic heterocycles. The first-order chi connectivity index (χ1) is 8.16. The van der Waals surface area contributed by atoms with Crippen molar-refractivity contribution in [1.82, 2.24) is 0 Å². The van der Waals surface area contributed by atoms with Gasteiger partial charge in [-0.25, -0.2) is 0 Å². The maximum absolute atomic E-state index is 10.5. The van der Waals surface area contributed by atoms with Crippen molar-refractivity contribution in [2.45, 2.75) is 6.42 Å². The van der Waals surface area contributed by atoms with E-state index in [4.69, 9.17) is 0 Å². The van der Waals surface area contributed by atoms with Crippen LogP contribution in [0.4, 0.5) is 5.69 Å². The largest absolute Gasteiger partial charge is 0.508 e. The number of nitro benzene ring substituents is 1. The van der Waals surface area contributed by atoms with Crippen LogP contribution in [-0.2, 0) is 6.42 Å². The fourth-order valence-electron chi connectivity index (χ4n) is 1.62. The fourth-order valence-corrected chi connectivity index (χ4v) is 1.62. The van der Waals surface area contributed by atoms with Crippen molar-refractivity contribution in [1.29, 1.82) is 0 Å². The number of nitrogens with zero attached hydrogens (tertiary/aromatic N) is 1. The molecule has 0 saturated heterocycles. The lowest BCUT2D eigenvalue weighted by atomic mass is 10.0. The Morgan fingerprint density at radius 2 is 1.71 bits per heavy atom. The first-order valence-electron chi connectivity index (χ1n) is 5.17. The Kier molecular flexibility index (Phi) is 3.05. The normalized spacial score (nSPS) is 10.1. The second kappa shape index (κ2) is 4.65. The number of nitro groups is 1. The summed E-state index contributed by atoms with van der Waals surface area (Å²) in [4.78, 5) is 10.1. The van der Waals surface area contributed by atoms with Gasteiger partial charge in [-0.05, 0) is 17.2 Å². The van der Waals surface area contributed by atoms with Crippen LogP contribution in [0.1, 0.15) is 11.1 Å². The van der Waals surface area contributed by atoms with E-state index in [-0.39, 0.29) is 11.4 Å². The van der Waals surface area contributed by atoms with E-state index in [0.29, 0.717) is 6.42 Å². The van der Waals surface area contributed by atoms with Crippen molar-refractivity contribution in [3.63, 3.8) is 0 Å². The van der Waals surface area contributed by atoms with Crippen molar-refractivity contribution in [2.75, 3.05) is 0 Å². The smallest absolute Gasteiger partial charge is 0.269 e. The molecule has 0 aliphatic rings. The predicted octanol–water partition coefficient (Wildman–Crippen LogP) is 2.89. The molecule has 0 heterocycles. The zero-order valence-electron chi connectivity index (χ0n) is 9.04. The van der Waals surface area contributed by atoms with Crippen LogP contribution < -0.4 is 0 Å². The Morgan fingerprint density at radius 3 is 2.29 bits per heavy atom. The number of para-hydroxylation sites is 1. The van der Waals surface area contributed by atoms with Gasteiger partial charge in [0.1, 0.15) is 5.75 Å². The molecule has 0 unspecified atom stereocenters. The molecule has 0 radical (unpaired) electrons. The van der Waals surface area contributed by atoms with Crippen LogP contribution in [0.25, 0.3) is 0 Å². The number of phenols is 1. The van der Waals surface area contributed by atoms with E-state index >= 15 is 0 Å². The summed E-state index contributed by atoms with van der Waals surface area (Å²) in [7, 11) is 0. The van der Waals surface area contributed by atoms with Gasteiger partial charge in [-0.3, -0.25) is 10.1 Å². The highest BCUT2D eigenvalue weighted by Crippen LogP contribution is 2.21. The molecular formula is C13H11NO3. The van der Waals surface area contributed by atoms with Crippen molar-refractivity contribution < 1.29 is 10.0 Å². The molecule has 0 spiro atoms. The monoisotopic (exact) mass is 229 g/mol. The minimum Gasteiger partial charge on any atom is -0.508 e. The van der Waals surface area contributed by atoms with Crippen LogP contribution in [0, 0.1) is 10.1 Å². The average molecular weight is 229 g/mol. The van der Waals surface area contributed by atoms with Gasteiger partial charge in [0.2, 0.25) is 0 Å². The number of hydrogen-bond donors (Lipinski definition) is 1. The zero-order chi connectivity index (χ0) is 12.3. The molecule has 0 aliphatic carbocycles. The summed E-state index contributed by atoms with van der Waals surface area (Å²) in [5.41, 5.74) is 1.81. The number of benzene rings is 2. The van der Waals surface area contributed by atoms with E-state index in [1.807, 2.05) is 12.1 Å². The van der Waals surface area contributed by atoms with Gasteiger partial charge in [-0.1, -0.05) is 30.3 Å². The lowest BCUT2D eigenvalue weighted by Gasteiger charge is -2.04. The van der Waals surface area contributed by atoms with Gasteiger partial charge in [-0.2, -0.15) is 0 Å². The van der Waals surface area contributed by atoms with Gasteiger partial charge >= 0.3 is 0 Å². The first-order valence-corrected chi connectivity index (χ1v) is 5.17. The van der Waals surface area contributed by atoms with E-state index in [1.54, 1.807) is 24.3 Å². The molecule has 1 N–H and O–H groups in total. The van der Waals surface area contributed by atoms with Crippen molar-refractivity contribution in [3.8, 4) is 5.75 Å². The third kappa shape index (κ3) is 2.60. The van der Waals surface area contributed by atoms with Crippen LogP contribution >= 0.6 is 0 Å². The van der Waals surface area contributed by atoms with E-state index in [0.717, 1.165) is 11.1 Å². The number of phenolic OH excluding ortho intramolecular Hbond substituents is 1. The van der Waals surface area contributed by atoms with E-state index in [2.05, 4.69) is 0 Å². The molecule has 4 heteroatoms. The first kappa shape index (κ1) is 11.1. The van der Waals surface area contributed by atoms with Gasteiger partial charge in [0.05, 0.1) is 4.92 Å². The molecule has 0 aromatic heterocycles. The number of non-ortho nitro benzene ring substituents is 1. The summed E-state index contributed by atoms with van der Waals surface area (Å²) in [6.45, 7) is 0. The number of hydrogen-bond acceptors (Lipinski definition) is 3. The summed E-state index contributed by atoms with van der Waals surface area (Å²) >= 11 is 0. The molecule has 2 aromatic rings. The minimum atomic E-state index is -0.427. The van der Waals surface area contributed by atoms with Crippen LogP contribution in [-0.4, -0.2) is 10.0 Å². The summed E-state index contributed by atoms with van der Waals surface area (Å²) in [6, 6.07) is 13.4. The van der Waals surface area contributed by atoms with Gasteiger partial charge < -0.3 is 5.11 Å². The molecule has 0 fully saturated rings. The average Bonchev–Trinajstić information content (AvgIpc) is 2.33. The van der Waals surface area contributed by atoms with Gasteiger partial charge in [0.25, 0.3) is 5.69 Å². The molecule has 0 bridgehead atoms. The Balaban J connectivity index is 2.20. The lowest BCUT2D eigenvalue weighted by Crippen LogP contribution is -1.91. The maximum Gasteiger partial charge on any atom is 0.269 e. The van der Waals surface area contributed by atoms with Gasteiger partial charge in [0, 0.05) is 18.6 Å². The molecule has 2 aromatic carbocycles. The van der Waals surface area contributed by atoms with Crippen molar-refractivity contribution in [2.24, 2.45) is 0 Å². The van der Waals surface area contributed by atoms with E-state index < -0.39 is 4.92 Å². The minimum absolute atomic E-state index is 0.0750. The number of aromatic hydroxyl groups is 1.